The number of alkyl halides is 2. The first-order valence-corrected chi connectivity index (χ1v) is 6.24. The predicted octanol–water partition coefficient (Wildman–Crippen LogP) is 2.89. The minimum absolute atomic E-state index is 0.196. The molecule has 0 saturated carbocycles. The Morgan fingerprint density at radius 2 is 2.10 bits per heavy atom. The quantitative estimate of drug-likeness (QED) is 0.859. The number of H-pyrrole nitrogens is 1. The number of aromatic nitrogens is 2. The van der Waals surface area contributed by atoms with Crippen LogP contribution >= 0.6 is 0 Å². The lowest BCUT2D eigenvalue weighted by Crippen LogP contribution is -2.34. The highest BCUT2D eigenvalue weighted by atomic mass is 19.3. The van der Waals surface area contributed by atoms with E-state index in [4.69, 9.17) is 4.74 Å². The summed E-state index contributed by atoms with van der Waals surface area (Å²) in [4.78, 5) is 11.9. The topological polar surface area (TPSA) is 55.0 Å². The smallest absolute Gasteiger partial charge is 0.338 e. The monoisotopic (exact) mass is 278 g/mol. The van der Waals surface area contributed by atoms with Gasteiger partial charge in [-0.15, -0.1) is 0 Å². The lowest BCUT2D eigenvalue weighted by atomic mass is 9.91. The van der Waals surface area contributed by atoms with Gasteiger partial charge >= 0.3 is 5.97 Å². The van der Waals surface area contributed by atoms with Gasteiger partial charge in [0.2, 0.25) is 0 Å². The van der Waals surface area contributed by atoms with Crippen LogP contribution in [0.1, 0.15) is 34.1 Å². The number of rotatable bonds is 2. The summed E-state index contributed by atoms with van der Waals surface area (Å²) in [5, 5.41) is 6.41. The first kappa shape index (κ1) is 12.8. The molecule has 1 aromatic carbocycles. The van der Waals surface area contributed by atoms with E-state index in [1.54, 1.807) is 18.2 Å². The summed E-state index contributed by atoms with van der Waals surface area (Å²) >= 11 is 0. The molecule has 1 N–H and O–H groups in total. The number of aryl methyl sites for hydroxylation is 1. The summed E-state index contributed by atoms with van der Waals surface area (Å²) < 4.78 is 33.0. The number of halogens is 2. The van der Waals surface area contributed by atoms with Gasteiger partial charge in [-0.3, -0.25) is 5.10 Å². The Bertz CT molecular complexity index is 625. The highest BCUT2D eigenvalue weighted by molar-refractivity contribution is 5.89. The Labute approximate surface area is 113 Å². The number of fused-ring (bicyclic) bond motifs is 1. The summed E-state index contributed by atoms with van der Waals surface area (Å²) in [5.74, 6) is -3.84. The number of carbonyl (C=O) groups is 1. The van der Waals surface area contributed by atoms with Crippen LogP contribution in [0.4, 0.5) is 8.78 Å². The van der Waals surface area contributed by atoms with Gasteiger partial charge in [-0.05, 0) is 18.6 Å². The van der Waals surface area contributed by atoms with Gasteiger partial charge in [-0.2, -0.15) is 5.10 Å². The number of hydrogen-bond acceptors (Lipinski definition) is 3. The fourth-order valence-corrected chi connectivity index (χ4v) is 2.30. The van der Waals surface area contributed by atoms with Crippen LogP contribution < -0.4 is 0 Å². The van der Waals surface area contributed by atoms with Crippen molar-refractivity contribution >= 4 is 5.97 Å². The average Bonchev–Trinajstić information content (AvgIpc) is 2.91. The average molecular weight is 278 g/mol. The van der Waals surface area contributed by atoms with Gasteiger partial charge < -0.3 is 4.74 Å². The van der Waals surface area contributed by atoms with Crippen molar-refractivity contribution in [2.45, 2.75) is 24.9 Å². The molecule has 6 heteroatoms. The van der Waals surface area contributed by atoms with Gasteiger partial charge in [0.25, 0.3) is 5.92 Å². The fourth-order valence-electron chi connectivity index (χ4n) is 2.30. The molecule has 0 radical (unpaired) electrons. The van der Waals surface area contributed by atoms with Crippen LogP contribution in [0.15, 0.2) is 36.5 Å². The van der Waals surface area contributed by atoms with Gasteiger partial charge in [0.15, 0.2) is 6.10 Å². The van der Waals surface area contributed by atoms with E-state index in [9.17, 15) is 13.6 Å². The molecule has 0 saturated heterocycles. The molecule has 1 aromatic heterocycles. The number of nitrogens with zero attached hydrogens (tertiary/aromatic N) is 1. The molecule has 3 rings (SSSR count). The number of esters is 1. The zero-order chi connectivity index (χ0) is 14.2. The molecule has 0 bridgehead atoms. The summed E-state index contributed by atoms with van der Waals surface area (Å²) in [6, 6.07) is 8.09. The number of aromatic amines is 1. The first-order chi connectivity index (χ1) is 9.58. The number of carbonyl (C=O) groups excluding carboxylic acids is 1. The molecule has 2 aromatic rings. The van der Waals surface area contributed by atoms with Crippen LogP contribution in [-0.4, -0.2) is 22.1 Å². The predicted molar refractivity (Wildman–Crippen MR) is 66.5 cm³/mol. The summed E-state index contributed by atoms with van der Waals surface area (Å²) in [6.07, 6.45) is -0.458. The van der Waals surface area contributed by atoms with Gasteiger partial charge in [0.05, 0.1) is 11.8 Å². The molecular weight excluding hydrogens is 266 g/mol. The fraction of sp³-hybridized carbons (Fsp3) is 0.286. The summed E-state index contributed by atoms with van der Waals surface area (Å²) in [5.41, 5.74) is 1.10. The van der Waals surface area contributed by atoms with Gasteiger partial charge in [-0.25, -0.2) is 13.6 Å². The Morgan fingerprint density at radius 3 is 2.85 bits per heavy atom. The third-order valence-corrected chi connectivity index (χ3v) is 3.36. The zero-order valence-electron chi connectivity index (χ0n) is 10.5. The Hall–Kier alpha value is -2.24. The molecule has 0 amide bonds. The molecular formula is C14H12F2N2O2. The molecule has 0 unspecified atom stereocenters. The molecule has 0 fully saturated rings. The second kappa shape index (κ2) is 4.70. The van der Waals surface area contributed by atoms with Crippen LogP contribution in [0.3, 0.4) is 0 Å². The van der Waals surface area contributed by atoms with Crippen molar-refractivity contribution in [2.75, 3.05) is 0 Å². The minimum atomic E-state index is -3.08. The highest BCUT2D eigenvalue weighted by Crippen LogP contribution is 2.43. The van der Waals surface area contributed by atoms with Crippen molar-refractivity contribution in [2.24, 2.45) is 0 Å². The van der Waals surface area contributed by atoms with Crippen molar-refractivity contribution in [3.05, 3.63) is 53.3 Å². The van der Waals surface area contributed by atoms with E-state index >= 15 is 0 Å². The maximum absolute atomic E-state index is 14.0. The lowest BCUT2D eigenvalue weighted by Gasteiger charge is -2.30. The second-order valence-electron chi connectivity index (χ2n) is 4.72. The van der Waals surface area contributed by atoms with E-state index in [1.165, 1.54) is 18.3 Å². The lowest BCUT2D eigenvalue weighted by molar-refractivity contribution is -0.127. The Kier molecular flexibility index (Phi) is 3.00. The Balaban J connectivity index is 1.88. The maximum atomic E-state index is 14.0. The van der Waals surface area contributed by atoms with Gasteiger partial charge in [0.1, 0.15) is 0 Å². The normalized spacial score (nSPS) is 20.2. The molecule has 104 valence electrons. The molecule has 1 heterocycles. The summed E-state index contributed by atoms with van der Waals surface area (Å²) in [7, 11) is 0. The SMILES string of the molecule is O=C(O[C@H]1c2cn[nH]c2CCC1(F)F)c1ccccc1. The first-order valence-electron chi connectivity index (χ1n) is 6.24. The van der Waals surface area contributed by atoms with Crippen LogP contribution in [0.25, 0.3) is 0 Å². The van der Waals surface area contributed by atoms with E-state index < -0.39 is 18.0 Å². The van der Waals surface area contributed by atoms with Crippen LogP contribution in [0, 0.1) is 0 Å². The number of hydrogen-bond donors (Lipinski definition) is 1. The Morgan fingerprint density at radius 1 is 1.35 bits per heavy atom. The van der Waals surface area contributed by atoms with Crippen molar-refractivity contribution in [1.29, 1.82) is 0 Å². The minimum Gasteiger partial charge on any atom is -0.447 e. The van der Waals surface area contributed by atoms with Crippen LogP contribution in [0.5, 0.6) is 0 Å². The molecule has 1 atom stereocenters. The third-order valence-electron chi connectivity index (χ3n) is 3.36. The number of benzene rings is 1. The van der Waals surface area contributed by atoms with E-state index in [2.05, 4.69) is 10.2 Å². The van der Waals surface area contributed by atoms with Crippen molar-refractivity contribution in [1.82, 2.24) is 10.2 Å². The standard InChI is InChI=1S/C14H12F2N2O2/c15-14(16)7-6-11-10(8-17-18-11)12(14)20-13(19)9-4-2-1-3-5-9/h1-5,8,12H,6-7H2,(H,17,18)/t12-/m0/s1. The van der Waals surface area contributed by atoms with E-state index in [0.717, 1.165) is 0 Å². The molecule has 1 aliphatic carbocycles. The van der Waals surface area contributed by atoms with E-state index in [-0.39, 0.29) is 24.0 Å². The van der Waals surface area contributed by atoms with E-state index in [0.29, 0.717) is 5.69 Å². The molecule has 1 aliphatic rings. The van der Waals surface area contributed by atoms with E-state index in [1.807, 2.05) is 0 Å². The largest absolute Gasteiger partial charge is 0.447 e. The van der Waals surface area contributed by atoms with Gasteiger partial charge in [-0.1, -0.05) is 18.2 Å². The number of nitrogens with one attached hydrogen (secondary N) is 1. The van der Waals surface area contributed by atoms with Crippen molar-refractivity contribution in [3.63, 3.8) is 0 Å². The third kappa shape index (κ3) is 2.17. The van der Waals surface area contributed by atoms with Crippen LogP contribution in [-0.2, 0) is 11.2 Å². The number of ether oxygens (including phenoxy) is 1. The molecule has 4 nitrogen and oxygen atoms in total. The second-order valence-corrected chi connectivity index (χ2v) is 4.72. The van der Waals surface area contributed by atoms with Gasteiger partial charge in [0, 0.05) is 17.7 Å². The van der Waals surface area contributed by atoms with Crippen LogP contribution in [0.2, 0.25) is 0 Å². The van der Waals surface area contributed by atoms with Crippen molar-refractivity contribution in [3.8, 4) is 0 Å². The molecule has 20 heavy (non-hydrogen) atoms. The summed E-state index contributed by atoms with van der Waals surface area (Å²) in [6.45, 7) is 0. The maximum Gasteiger partial charge on any atom is 0.338 e. The molecule has 0 spiro atoms. The van der Waals surface area contributed by atoms with Crippen molar-refractivity contribution < 1.29 is 18.3 Å². The highest BCUT2D eigenvalue weighted by Gasteiger charge is 2.48. The molecule has 0 aliphatic heterocycles. The zero-order valence-corrected chi connectivity index (χ0v) is 10.5.